The van der Waals surface area contributed by atoms with Crippen molar-refractivity contribution in [2.24, 2.45) is 5.18 Å². The molecule has 0 saturated carbocycles. The summed E-state index contributed by atoms with van der Waals surface area (Å²) in [6, 6.07) is 0. The lowest BCUT2D eigenvalue weighted by atomic mass is 10.0. The first-order valence-electron chi connectivity index (χ1n) is 10.9. The Bertz CT molecular complexity index is 296. The van der Waals surface area contributed by atoms with E-state index in [-0.39, 0.29) is 5.91 Å². The fraction of sp³-hybridized carbons (Fsp3) is 0.952. The van der Waals surface area contributed by atoms with E-state index >= 15 is 0 Å². The van der Waals surface area contributed by atoms with E-state index in [0.717, 1.165) is 12.8 Å². The van der Waals surface area contributed by atoms with Gasteiger partial charge in [0.1, 0.15) is 0 Å². The summed E-state index contributed by atoms with van der Waals surface area (Å²) in [6.45, 7) is 3.14. The molecule has 0 rings (SSSR count). The molecule has 0 aliphatic carbocycles. The van der Waals surface area contributed by atoms with Crippen molar-refractivity contribution < 1.29 is 4.79 Å². The SMILES string of the molecule is CCCCCCCCCCCCCCCCCC(=O)NCCCN=O. The molecule has 0 aromatic rings. The minimum atomic E-state index is 0.112. The number of nitrogens with zero attached hydrogens (tertiary/aromatic N) is 1. The minimum Gasteiger partial charge on any atom is -0.356 e. The highest BCUT2D eigenvalue weighted by Gasteiger charge is 2.00. The number of amides is 1. The lowest BCUT2D eigenvalue weighted by Crippen LogP contribution is -2.24. The van der Waals surface area contributed by atoms with Crippen LogP contribution in [0.15, 0.2) is 5.18 Å². The van der Waals surface area contributed by atoms with Gasteiger partial charge in [0, 0.05) is 13.0 Å². The van der Waals surface area contributed by atoms with Gasteiger partial charge in [-0.3, -0.25) is 4.79 Å². The summed E-state index contributed by atoms with van der Waals surface area (Å²) in [7, 11) is 0. The Hall–Kier alpha value is -0.930. The molecule has 148 valence electrons. The van der Waals surface area contributed by atoms with Crippen LogP contribution >= 0.6 is 0 Å². The van der Waals surface area contributed by atoms with E-state index in [1.54, 1.807) is 0 Å². The molecule has 0 heterocycles. The van der Waals surface area contributed by atoms with Crippen LogP contribution in [0.2, 0.25) is 0 Å². The Balaban J connectivity index is 3.09. The lowest BCUT2D eigenvalue weighted by molar-refractivity contribution is -0.121. The lowest BCUT2D eigenvalue weighted by Gasteiger charge is -2.04. The third-order valence-electron chi connectivity index (χ3n) is 4.76. The van der Waals surface area contributed by atoms with E-state index < -0.39 is 0 Å². The quantitative estimate of drug-likeness (QED) is 0.200. The van der Waals surface area contributed by atoms with E-state index in [1.807, 2.05) is 0 Å². The highest BCUT2D eigenvalue weighted by Crippen LogP contribution is 2.13. The van der Waals surface area contributed by atoms with Gasteiger partial charge in [0.25, 0.3) is 0 Å². The smallest absolute Gasteiger partial charge is 0.219 e. The maximum absolute atomic E-state index is 11.5. The van der Waals surface area contributed by atoms with Gasteiger partial charge in [-0.15, -0.1) is 0 Å². The second kappa shape index (κ2) is 21.1. The van der Waals surface area contributed by atoms with Gasteiger partial charge in [0.05, 0.1) is 6.54 Å². The Morgan fingerprint density at radius 3 is 1.56 bits per heavy atom. The molecule has 0 spiro atoms. The van der Waals surface area contributed by atoms with Crippen LogP contribution in [0.5, 0.6) is 0 Å². The molecule has 0 bridgehead atoms. The summed E-state index contributed by atoms with van der Waals surface area (Å²) in [6.07, 6.45) is 21.4. The summed E-state index contributed by atoms with van der Waals surface area (Å²) in [5.74, 6) is 0.112. The van der Waals surface area contributed by atoms with Gasteiger partial charge in [-0.05, 0) is 12.8 Å². The fourth-order valence-corrected chi connectivity index (χ4v) is 3.12. The summed E-state index contributed by atoms with van der Waals surface area (Å²) < 4.78 is 0. The molecule has 0 saturated heterocycles. The molecule has 0 aliphatic rings. The zero-order chi connectivity index (χ0) is 18.4. The van der Waals surface area contributed by atoms with E-state index in [0.29, 0.717) is 25.9 Å². The van der Waals surface area contributed by atoms with Crippen molar-refractivity contribution in [3.8, 4) is 0 Å². The van der Waals surface area contributed by atoms with Gasteiger partial charge in [-0.1, -0.05) is 102 Å². The average molecular weight is 355 g/mol. The van der Waals surface area contributed by atoms with Crippen LogP contribution in [0.3, 0.4) is 0 Å². The number of nitroso groups, excluding NO2 is 1. The maximum Gasteiger partial charge on any atom is 0.219 e. The van der Waals surface area contributed by atoms with Gasteiger partial charge >= 0.3 is 0 Å². The largest absolute Gasteiger partial charge is 0.356 e. The standard InChI is InChI=1S/C21H42N2O2/c1-2-3-4-5-6-7-8-9-10-11-12-13-14-15-16-18-21(24)22-19-17-20-23-25/h2-20H2,1H3,(H,22,24). The molecule has 1 amide bonds. The number of hydrogen-bond acceptors (Lipinski definition) is 3. The topological polar surface area (TPSA) is 58.5 Å². The monoisotopic (exact) mass is 354 g/mol. The molecular formula is C21H42N2O2. The minimum absolute atomic E-state index is 0.112. The molecule has 0 atom stereocenters. The van der Waals surface area contributed by atoms with Crippen molar-refractivity contribution in [1.82, 2.24) is 5.32 Å². The number of carbonyl (C=O) groups excluding carboxylic acids is 1. The van der Waals surface area contributed by atoms with Crippen molar-refractivity contribution >= 4 is 5.91 Å². The molecule has 25 heavy (non-hydrogen) atoms. The van der Waals surface area contributed by atoms with Gasteiger partial charge < -0.3 is 5.32 Å². The first-order valence-corrected chi connectivity index (χ1v) is 10.9. The fourth-order valence-electron chi connectivity index (χ4n) is 3.12. The number of hydrogen-bond donors (Lipinski definition) is 1. The molecule has 0 radical (unpaired) electrons. The van der Waals surface area contributed by atoms with Gasteiger partial charge in [-0.25, -0.2) is 0 Å². The van der Waals surface area contributed by atoms with Crippen molar-refractivity contribution in [3.05, 3.63) is 4.91 Å². The van der Waals surface area contributed by atoms with Gasteiger partial charge in [0.15, 0.2) is 0 Å². The van der Waals surface area contributed by atoms with Gasteiger partial charge in [-0.2, -0.15) is 4.91 Å². The van der Waals surface area contributed by atoms with Crippen molar-refractivity contribution in [1.29, 1.82) is 0 Å². The molecule has 0 aliphatic heterocycles. The van der Waals surface area contributed by atoms with E-state index in [9.17, 15) is 9.70 Å². The number of rotatable bonds is 20. The maximum atomic E-state index is 11.5. The molecule has 1 N–H and O–H groups in total. The van der Waals surface area contributed by atoms with Crippen LogP contribution < -0.4 is 5.32 Å². The number of nitrogens with one attached hydrogen (secondary N) is 1. The Kier molecular flexibility index (Phi) is 20.3. The summed E-state index contributed by atoms with van der Waals surface area (Å²) >= 11 is 0. The Morgan fingerprint density at radius 2 is 1.12 bits per heavy atom. The van der Waals surface area contributed by atoms with Crippen LogP contribution in [-0.4, -0.2) is 19.0 Å². The highest BCUT2D eigenvalue weighted by molar-refractivity contribution is 5.75. The van der Waals surface area contributed by atoms with Crippen LogP contribution in [0, 0.1) is 4.91 Å². The predicted octanol–water partition coefficient (Wildman–Crippen LogP) is 6.52. The molecule has 0 unspecified atom stereocenters. The third-order valence-corrected chi connectivity index (χ3v) is 4.76. The van der Waals surface area contributed by atoms with Crippen LogP contribution in [-0.2, 0) is 4.79 Å². The molecule has 0 fully saturated rings. The summed E-state index contributed by atoms with van der Waals surface area (Å²) in [5.41, 5.74) is 0. The van der Waals surface area contributed by atoms with E-state index in [1.165, 1.54) is 83.5 Å². The predicted molar refractivity (Wildman–Crippen MR) is 108 cm³/mol. The van der Waals surface area contributed by atoms with Crippen LogP contribution in [0.4, 0.5) is 0 Å². The van der Waals surface area contributed by atoms with Crippen LogP contribution in [0.1, 0.15) is 116 Å². The first kappa shape index (κ1) is 24.1. The number of carbonyl (C=O) groups is 1. The summed E-state index contributed by atoms with van der Waals surface area (Å²) in [5, 5.41) is 5.61. The van der Waals surface area contributed by atoms with Crippen molar-refractivity contribution in [3.63, 3.8) is 0 Å². The molecule has 0 aromatic heterocycles. The van der Waals surface area contributed by atoms with E-state index in [2.05, 4.69) is 17.4 Å². The number of unbranched alkanes of at least 4 members (excludes halogenated alkanes) is 14. The zero-order valence-electron chi connectivity index (χ0n) is 16.7. The summed E-state index contributed by atoms with van der Waals surface area (Å²) in [4.78, 5) is 21.4. The normalized spacial score (nSPS) is 10.8. The van der Waals surface area contributed by atoms with Gasteiger partial charge in [0.2, 0.25) is 5.91 Å². The third kappa shape index (κ3) is 21.0. The Morgan fingerprint density at radius 1 is 0.680 bits per heavy atom. The van der Waals surface area contributed by atoms with Crippen LogP contribution in [0.25, 0.3) is 0 Å². The zero-order valence-corrected chi connectivity index (χ0v) is 16.7. The second-order valence-electron chi connectivity index (χ2n) is 7.26. The van der Waals surface area contributed by atoms with Crippen molar-refractivity contribution in [2.75, 3.05) is 13.1 Å². The average Bonchev–Trinajstić information content (AvgIpc) is 2.62. The molecule has 4 heteroatoms. The van der Waals surface area contributed by atoms with Crippen molar-refractivity contribution in [2.45, 2.75) is 116 Å². The molecule has 0 aromatic carbocycles. The molecular weight excluding hydrogens is 312 g/mol. The molecule has 4 nitrogen and oxygen atoms in total. The highest BCUT2D eigenvalue weighted by atomic mass is 16.3. The second-order valence-corrected chi connectivity index (χ2v) is 7.26. The Labute approximate surface area is 155 Å². The van der Waals surface area contributed by atoms with E-state index in [4.69, 9.17) is 0 Å². The first-order chi connectivity index (χ1) is 12.3.